The van der Waals surface area contributed by atoms with Gasteiger partial charge in [-0.1, -0.05) is 12.1 Å². The van der Waals surface area contributed by atoms with Crippen molar-refractivity contribution in [2.75, 3.05) is 13.1 Å². The van der Waals surface area contributed by atoms with E-state index in [0.717, 1.165) is 29.0 Å². The minimum atomic E-state index is -3.85. The summed E-state index contributed by atoms with van der Waals surface area (Å²) in [6.07, 6.45) is 2.44. The van der Waals surface area contributed by atoms with Crippen LogP contribution in [-0.2, 0) is 21.2 Å². The molecule has 1 atom stereocenters. The number of benzene rings is 2. The summed E-state index contributed by atoms with van der Waals surface area (Å²) in [7, 11) is -3.85. The van der Waals surface area contributed by atoms with Crippen LogP contribution in [0.1, 0.15) is 25.1 Å². The maximum atomic E-state index is 13.1. The molecule has 1 unspecified atom stereocenters. The number of imidazole rings is 1. The SMILES string of the molecule is O=C(NCCCc1nc2ccccc2[nH]1)C1CCCN1S(=O)(=O)c1ccc(F)cc1. The van der Waals surface area contributed by atoms with Gasteiger partial charge in [-0.2, -0.15) is 4.31 Å². The molecule has 1 amide bonds. The highest BCUT2D eigenvalue weighted by Crippen LogP contribution is 2.26. The zero-order chi connectivity index (χ0) is 21.1. The van der Waals surface area contributed by atoms with Gasteiger partial charge in [0.15, 0.2) is 0 Å². The highest BCUT2D eigenvalue weighted by molar-refractivity contribution is 7.89. The maximum Gasteiger partial charge on any atom is 0.243 e. The predicted molar refractivity (Wildman–Crippen MR) is 111 cm³/mol. The second-order valence-corrected chi connectivity index (χ2v) is 9.21. The predicted octanol–water partition coefficient (Wildman–Crippen LogP) is 2.60. The van der Waals surface area contributed by atoms with Crippen LogP contribution in [0.5, 0.6) is 0 Å². The highest BCUT2D eigenvalue weighted by Gasteiger charge is 2.39. The number of aromatic nitrogens is 2. The largest absolute Gasteiger partial charge is 0.355 e. The van der Waals surface area contributed by atoms with Crippen LogP contribution in [0.3, 0.4) is 0 Å². The lowest BCUT2D eigenvalue weighted by Gasteiger charge is -2.23. The summed E-state index contributed by atoms with van der Waals surface area (Å²) in [4.78, 5) is 20.4. The minimum Gasteiger partial charge on any atom is -0.355 e. The third-order valence-corrected chi connectivity index (χ3v) is 7.18. The first-order valence-corrected chi connectivity index (χ1v) is 11.4. The zero-order valence-corrected chi connectivity index (χ0v) is 17.2. The Balaban J connectivity index is 1.33. The monoisotopic (exact) mass is 430 g/mol. The quantitative estimate of drug-likeness (QED) is 0.564. The van der Waals surface area contributed by atoms with E-state index in [-0.39, 0.29) is 17.3 Å². The van der Waals surface area contributed by atoms with Gasteiger partial charge in [0.1, 0.15) is 17.7 Å². The number of carbonyl (C=O) groups is 1. The van der Waals surface area contributed by atoms with Crippen molar-refractivity contribution >= 4 is 27.0 Å². The number of sulfonamides is 1. The summed E-state index contributed by atoms with van der Waals surface area (Å²) in [5, 5.41) is 2.84. The molecule has 1 saturated heterocycles. The van der Waals surface area contributed by atoms with E-state index in [0.29, 0.717) is 32.2 Å². The molecule has 30 heavy (non-hydrogen) atoms. The second-order valence-electron chi connectivity index (χ2n) is 7.32. The fourth-order valence-electron chi connectivity index (χ4n) is 3.74. The summed E-state index contributed by atoms with van der Waals surface area (Å²) in [6.45, 7) is 0.702. The van der Waals surface area contributed by atoms with Crippen LogP contribution in [-0.4, -0.2) is 47.7 Å². The van der Waals surface area contributed by atoms with Crippen LogP contribution < -0.4 is 5.32 Å². The van der Waals surface area contributed by atoms with Crippen molar-refractivity contribution in [2.45, 2.75) is 36.6 Å². The van der Waals surface area contributed by atoms with E-state index in [1.807, 2.05) is 24.3 Å². The molecule has 1 aromatic heterocycles. The molecule has 0 bridgehead atoms. The number of carbonyl (C=O) groups excluding carboxylic acids is 1. The van der Waals surface area contributed by atoms with Gasteiger partial charge in [-0.25, -0.2) is 17.8 Å². The highest BCUT2D eigenvalue weighted by atomic mass is 32.2. The van der Waals surface area contributed by atoms with Crippen molar-refractivity contribution < 1.29 is 17.6 Å². The minimum absolute atomic E-state index is 0.00603. The Labute approximate surface area is 174 Å². The summed E-state index contributed by atoms with van der Waals surface area (Å²) in [5.41, 5.74) is 1.88. The zero-order valence-electron chi connectivity index (χ0n) is 16.3. The standard InChI is InChI=1S/C21H23FN4O3S/c22-15-9-11-16(12-10-15)30(28,29)26-14-4-7-19(26)21(27)23-13-3-8-20-24-17-5-1-2-6-18(17)25-20/h1-2,5-6,9-12,19H,3-4,7-8,13-14H2,(H,23,27)(H,24,25). The number of halogens is 1. The van der Waals surface area contributed by atoms with Crippen molar-refractivity contribution in [3.63, 3.8) is 0 Å². The number of rotatable bonds is 7. The average molecular weight is 431 g/mol. The first-order valence-electron chi connectivity index (χ1n) is 9.94. The molecule has 0 aliphatic carbocycles. The molecule has 2 heterocycles. The Hall–Kier alpha value is -2.78. The van der Waals surface area contributed by atoms with Crippen LogP contribution >= 0.6 is 0 Å². The van der Waals surface area contributed by atoms with Crippen molar-refractivity contribution in [2.24, 2.45) is 0 Å². The Morgan fingerprint density at radius 1 is 1.20 bits per heavy atom. The number of hydrogen-bond acceptors (Lipinski definition) is 4. The number of aromatic amines is 1. The summed E-state index contributed by atoms with van der Waals surface area (Å²) in [6, 6.07) is 11.7. The Kier molecular flexibility index (Phi) is 5.83. The van der Waals surface area contributed by atoms with Crippen LogP contribution in [0.15, 0.2) is 53.4 Å². The van der Waals surface area contributed by atoms with Crippen LogP contribution in [0.4, 0.5) is 4.39 Å². The van der Waals surface area contributed by atoms with E-state index in [2.05, 4.69) is 15.3 Å². The van der Waals surface area contributed by atoms with Crippen LogP contribution in [0.25, 0.3) is 11.0 Å². The lowest BCUT2D eigenvalue weighted by atomic mass is 10.2. The number of aryl methyl sites for hydroxylation is 1. The third kappa shape index (κ3) is 4.22. The Morgan fingerprint density at radius 3 is 2.73 bits per heavy atom. The van der Waals surface area contributed by atoms with Gasteiger partial charge in [0, 0.05) is 19.5 Å². The van der Waals surface area contributed by atoms with Gasteiger partial charge >= 0.3 is 0 Å². The Morgan fingerprint density at radius 2 is 1.97 bits per heavy atom. The van der Waals surface area contributed by atoms with Gasteiger partial charge in [-0.15, -0.1) is 0 Å². The van der Waals surface area contributed by atoms with E-state index in [9.17, 15) is 17.6 Å². The summed E-state index contributed by atoms with van der Waals surface area (Å²) < 4.78 is 40.1. The van der Waals surface area contributed by atoms with E-state index in [1.165, 1.54) is 16.4 Å². The van der Waals surface area contributed by atoms with Gasteiger partial charge in [0.2, 0.25) is 15.9 Å². The van der Waals surface area contributed by atoms with Crippen molar-refractivity contribution in [1.29, 1.82) is 0 Å². The first kappa shape index (κ1) is 20.5. The lowest BCUT2D eigenvalue weighted by molar-refractivity contribution is -0.124. The van der Waals surface area contributed by atoms with E-state index in [1.54, 1.807) is 0 Å². The molecule has 1 aliphatic heterocycles. The Bertz CT molecular complexity index is 1110. The first-order chi connectivity index (χ1) is 14.4. The molecule has 1 aliphatic rings. The second kappa shape index (κ2) is 8.53. The number of fused-ring (bicyclic) bond motifs is 1. The van der Waals surface area contributed by atoms with Gasteiger partial charge < -0.3 is 10.3 Å². The van der Waals surface area contributed by atoms with Crippen LogP contribution in [0, 0.1) is 5.82 Å². The van der Waals surface area contributed by atoms with Crippen molar-refractivity contribution in [1.82, 2.24) is 19.6 Å². The third-order valence-electron chi connectivity index (χ3n) is 5.25. The molecule has 1 fully saturated rings. The van der Waals surface area contributed by atoms with E-state index < -0.39 is 21.9 Å². The molecular formula is C21H23FN4O3S. The fraction of sp³-hybridized carbons (Fsp3) is 0.333. The summed E-state index contributed by atoms with van der Waals surface area (Å²) >= 11 is 0. The normalized spacial score (nSPS) is 17.4. The molecular weight excluding hydrogens is 407 g/mol. The van der Waals surface area contributed by atoms with Gasteiger partial charge in [0.25, 0.3) is 0 Å². The number of H-pyrrole nitrogens is 1. The fourth-order valence-corrected chi connectivity index (χ4v) is 5.40. The molecule has 3 aromatic rings. The maximum absolute atomic E-state index is 13.1. The molecule has 158 valence electrons. The lowest BCUT2D eigenvalue weighted by Crippen LogP contribution is -2.46. The number of nitrogens with zero attached hydrogens (tertiary/aromatic N) is 2. The molecule has 9 heteroatoms. The number of amides is 1. The number of hydrogen-bond donors (Lipinski definition) is 2. The van der Waals surface area contributed by atoms with E-state index in [4.69, 9.17) is 0 Å². The smallest absolute Gasteiger partial charge is 0.243 e. The summed E-state index contributed by atoms with van der Waals surface area (Å²) in [5.74, 6) is 0.0451. The molecule has 0 spiro atoms. The van der Waals surface area contributed by atoms with E-state index >= 15 is 0 Å². The topological polar surface area (TPSA) is 95.2 Å². The number of para-hydroxylation sites is 2. The van der Waals surface area contributed by atoms with Gasteiger partial charge in [0.05, 0.1) is 15.9 Å². The molecule has 4 rings (SSSR count). The molecule has 7 nitrogen and oxygen atoms in total. The van der Waals surface area contributed by atoms with Crippen molar-refractivity contribution in [3.05, 3.63) is 60.2 Å². The van der Waals surface area contributed by atoms with Crippen LogP contribution in [0.2, 0.25) is 0 Å². The molecule has 2 aromatic carbocycles. The molecule has 0 radical (unpaired) electrons. The number of nitrogens with one attached hydrogen (secondary N) is 2. The van der Waals surface area contributed by atoms with Gasteiger partial charge in [-0.05, 0) is 55.7 Å². The molecule has 0 saturated carbocycles. The average Bonchev–Trinajstić information content (AvgIpc) is 3.38. The van der Waals surface area contributed by atoms with Gasteiger partial charge in [-0.3, -0.25) is 4.79 Å². The van der Waals surface area contributed by atoms with Crippen molar-refractivity contribution in [3.8, 4) is 0 Å². The molecule has 2 N–H and O–H groups in total.